The minimum absolute atomic E-state index is 0.0320. The van der Waals surface area contributed by atoms with E-state index in [0.29, 0.717) is 15.0 Å². The maximum absolute atomic E-state index is 13.0. The molecule has 0 saturated carbocycles. The zero-order valence-electron chi connectivity index (χ0n) is 16.3. The molecule has 3 heterocycles. The number of allylic oxidation sites excluding steroid dienone is 1. The number of hydrogen-bond donors (Lipinski definition) is 1. The summed E-state index contributed by atoms with van der Waals surface area (Å²) in [4.78, 5) is 17.9. The molecule has 0 unspecified atom stereocenters. The van der Waals surface area contributed by atoms with Gasteiger partial charge in [-0.1, -0.05) is 59.8 Å². The zero-order chi connectivity index (χ0) is 20.7. The summed E-state index contributed by atoms with van der Waals surface area (Å²) >= 11 is 2.68. The van der Waals surface area contributed by atoms with E-state index in [1.807, 2.05) is 23.6 Å². The number of carbonyl (C=O) groups is 1. The summed E-state index contributed by atoms with van der Waals surface area (Å²) in [6, 6.07) is 16.8. The molecule has 148 valence electrons. The van der Waals surface area contributed by atoms with Crippen LogP contribution in [0.1, 0.15) is 27.6 Å². The number of nitrogens with one attached hydrogen (secondary N) is 1. The molecule has 1 saturated heterocycles. The second kappa shape index (κ2) is 7.70. The van der Waals surface area contributed by atoms with Crippen molar-refractivity contribution in [2.24, 2.45) is 0 Å². The molecular formula is C24H19N3OS2. The number of benzene rings is 2. The van der Waals surface area contributed by atoms with Gasteiger partial charge in [-0.15, -0.1) is 11.3 Å². The van der Waals surface area contributed by atoms with Crippen molar-refractivity contribution in [3.8, 4) is 0 Å². The number of Topliss-reactive ketones (excluding diaryl/α,β-unsaturated/α-hetero) is 1. The van der Waals surface area contributed by atoms with Gasteiger partial charge in [0.15, 0.2) is 5.78 Å². The molecule has 0 aliphatic carbocycles. The molecule has 0 spiro atoms. The largest absolute Gasteiger partial charge is 0.342 e. The average molecular weight is 430 g/mol. The lowest BCUT2D eigenvalue weighted by molar-refractivity contribution is -0.114. The number of hydrogen-bond acceptors (Lipinski definition) is 5. The van der Waals surface area contributed by atoms with Gasteiger partial charge in [-0.05, 0) is 24.6 Å². The van der Waals surface area contributed by atoms with Gasteiger partial charge in [0, 0.05) is 40.8 Å². The van der Waals surface area contributed by atoms with Crippen molar-refractivity contribution in [2.75, 3.05) is 0 Å². The Labute approximate surface area is 182 Å². The highest BCUT2D eigenvalue weighted by Crippen LogP contribution is 2.41. The topological polar surface area (TPSA) is 58.7 Å². The van der Waals surface area contributed by atoms with Gasteiger partial charge in [0.1, 0.15) is 10.9 Å². The lowest BCUT2D eigenvalue weighted by Gasteiger charge is -2.06. The smallest absolute Gasteiger partial charge is 0.186 e. The maximum atomic E-state index is 13.0. The van der Waals surface area contributed by atoms with Gasteiger partial charge >= 0.3 is 0 Å². The molecule has 1 atom stereocenters. The number of thioether (sulfide) groups is 1. The summed E-state index contributed by atoms with van der Waals surface area (Å²) in [5, 5.41) is 12.3. The third-order valence-corrected chi connectivity index (χ3v) is 7.06. The van der Waals surface area contributed by atoms with E-state index in [-0.39, 0.29) is 5.78 Å². The number of rotatable bonds is 4. The summed E-state index contributed by atoms with van der Waals surface area (Å²) in [5.74, 6) is -0.586. The van der Waals surface area contributed by atoms with Crippen LogP contribution < -0.4 is 0 Å². The van der Waals surface area contributed by atoms with E-state index in [2.05, 4.69) is 59.1 Å². The van der Waals surface area contributed by atoms with E-state index in [1.54, 1.807) is 6.20 Å². The Morgan fingerprint density at radius 1 is 1.20 bits per heavy atom. The minimum Gasteiger partial charge on any atom is -0.342 e. The second-order valence-corrected chi connectivity index (χ2v) is 9.37. The molecule has 0 radical (unpaired) electrons. The fourth-order valence-electron chi connectivity index (χ4n) is 3.86. The van der Waals surface area contributed by atoms with Crippen molar-refractivity contribution < 1.29 is 4.79 Å². The lowest BCUT2D eigenvalue weighted by atomic mass is 10.0. The number of aryl methyl sites for hydroxylation is 1. The van der Waals surface area contributed by atoms with Crippen LogP contribution in [0.4, 0.5) is 0 Å². The SMILES string of the molecule is Cc1cccc(Cn2cc(/C=C3\SC(=N)[C@H](c4nccs4)C3=O)c3ccccc32)c1. The summed E-state index contributed by atoms with van der Waals surface area (Å²) in [7, 11) is 0. The van der Waals surface area contributed by atoms with E-state index in [1.165, 1.54) is 34.2 Å². The van der Waals surface area contributed by atoms with Crippen molar-refractivity contribution in [3.63, 3.8) is 0 Å². The van der Waals surface area contributed by atoms with Crippen LogP contribution in [-0.4, -0.2) is 20.4 Å². The number of aromatic nitrogens is 2. The first kappa shape index (κ1) is 19.0. The third-order valence-electron chi connectivity index (χ3n) is 5.23. The van der Waals surface area contributed by atoms with E-state index < -0.39 is 5.92 Å². The molecular weight excluding hydrogens is 410 g/mol. The maximum Gasteiger partial charge on any atom is 0.186 e. The molecule has 1 N–H and O–H groups in total. The first-order valence-electron chi connectivity index (χ1n) is 9.65. The normalized spacial score (nSPS) is 18.0. The lowest BCUT2D eigenvalue weighted by Crippen LogP contribution is -2.11. The average Bonchev–Trinajstić information content (AvgIpc) is 3.43. The quantitative estimate of drug-likeness (QED) is 0.413. The molecule has 0 amide bonds. The molecule has 1 fully saturated rings. The van der Waals surface area contributed by atoms with Gasteiger partial charge < -0.3 is 4.57 Å². The Bertz CT molecular complexity index is 1300. The van der Waals surface area contributed by atoms with Crippen LogP contribution in [0.25, 0.3) is 17.0 Å². The zero-order valence-corrected chi connectivity index (χ0v) is 18.0. The van der Waals surface area contributed by atoms with E-state index >= 15 is 0 Å². The predicted octanol–water partition coefficient (Wildman–Crippen LogP) is 5.87. The Morgan fingerprint density at radius 2 is 2.07 bits per heavy atom. The van der Waals surface area contributed by atoms with Crippen LogP contribution in [0.2, 0.25) is 0 Å². The highest BCUT2D eigenvalue weighted by atomic mass is 32.2. The molecule has 2 aromatic heterocycles. The van der Waals surface area contributed by atoms with Crippen molar-refractivity contribution in [3.05, 3.63) is 92.9 Å². The molecule has 2 aromatic carbocycles. The highest BCUT2D eigenvalue weighted by molar-refractivity contribution is 8.19. The van der Waals surface area contributed by atoms with E-state index in [0.717, 1.165) is 23.0 Å². The van der Waals surface area contributed by atoms with Crippen LogP contribution in [0.15, 0.2) is 71.2 Å². The third kappa shape index (κ3) is 3.42. The predicted molar refractivity (Wildman–Crippen MR) is 125 cm³/mol. The number of fused-ring (bicyclic) bond motifs is 1. The summed E-state index contributed by atoms with van der Waals surface area (Å²) < 4.78 is 2.23. The summed E-state index contributed by atoms with van der Waals surface area (Å²) in [6.07, 6.45) is 5.73. The molecule has 4 nitrogen and oxygen atoms in total. The van der Waals surface area contributed by atoms with E-state index in [4.69, 9.17) is 5.41 Å². The van der Waals surface area contributed by atoms with E-state index in [9.17, 15) is 4.79 Å². The van der Waals surface area contributed by atoms with Crippen LogP contribution >= 0.6 is 23.1 Å². The monoisotopic (exact) mass is 429 g/mol. The number of carbonyl (C=O) groups excluding carboxylic acids is 1. The molecule has 4 aromatic rings. The first-order chi connectivity index (χ1) is 14.6. The van der Waals surface area contributed by atoms with Gasteiger partial charge in [-0.3, -0.25) is 10.2 Å². The van der Waals surface area contributed by atoms with Gasteiger partial charge in [0.05, 0.1) is 9.95 Å². The van der Waals surface area contributed by atoms with Crippen molar-refractivity contribution in [1.82, 2.24) is 9.55 Å². The Balaban J connectivity index is 1.54. The van der Waals surface area contributed by atoms with Crippen LogP contribution in [0, 0.1) is 12.3 Å². The molecule has 1 aliphatic heterocycles. The van der Waals surface area contributed by atoms with Crippen LogP contribution in [-0.2, 0) is 11.3 Å². The molecule has 0 bridgehead atoms. The number of para-hydroxylation sites is 1. The van der Waals surface area contributed by atoms with Gasteiger partial charge in [0.2, 0.25) is 0 Å². The van der Waals surface area contributed by atoms with Gasteiger partial charge in [-0.25, -0.2) is 4.98 Å². The number of nitrogens with zero attached hydrogens (tertiary/aromatic N) is 2. The van der Waals surface area contributed by atoms with Crippen molar-refractivity contribution in [1.29, 1.82) is 5.41 Å². The molecule has 5 rings (SSSR count). The Morgan fingerprint density at radius 3 is 2.87 bits per heavy atom. The standard InChI is InChI=1S/C24H19N3OS2/c1-15-5-4-6-16(11-15)13-27-14-17(18-7-2-3-8-19(18)27)12-20-22(28)21(23(25)30-20)24-26-9-10-29-24/h2-12,14,21,25H,13H2,1H3/b20-12-,25-23?/t21-/m1/s1. The fraction of sp³-hybridized carbons (Fsp3) is 0.125. The highest BCUT2D eigenvalue weighted by Gasteiger charge is 2.38. The van der Waals surface area contributed by atoms with Crippen molar-refractivity contribution >= 4 is 50.9 Å². The fourth-order valence-corrected chi connectivity index (χ4v) is 5.66. The van der Waals surface area contributed by atoms with Crippen LogP contribution in [0.5, 0.6) is 0 Å². The minimum atomic E-state index is -0.554. The number of thiazole rings is 1. The van der Waals surface area contributed by atoms with Gasteiger partial charge in [0.25, 0.3) is 0 Å². The number of ketones is 1. The summed E-state index contributed by atoms with van der Waals surface area (Å²) in [6.45, 7) is 2.87. The summed E-state index contributed by atoms with van der Waals surface area (Å²) in [5.41, 5.74) is 4.62. The molecule has 1 aliphatic rings. The van der Waals surface area contributed by atoms with Crippen molar-refractivity contribution in [2.45, 2.75) is 19.4 Å². The van der Waals surface area contributed by atoms with Gasteiger partial charge in [-0.2, -0.15) is 0 Å². The second-order valence-electron chi connectivity index (χ2n) is 7.36. The Hall–Kier alpha value is -2.96. The molecule has 6 heteroatoms. The first-order valence-corrected chi connectivity index (χ1v) is 11.3. The molecule has 30 heavy (non-hydrogen) atoms. The Kier molecular flexibility index (Phi) is 4.89. The van der Waals surface area contributed by atoms with Crippen LogP contribution in [0.3, 0.4) is 0 Å².